The molecule has 0 heterocycles. The van der Waals surface area contributed by atoms with Crippen LogP contribution < -0.4 is 10.1 Å². The molecule has 2 bridgehead atoms. The van der Waals surface area contributed by atoms with Gasteiger partial charge in [0.1, 0.15) is 5.75 Å². The van der Waals surface area contributed by atoms with Crippen LogP contribution in [0.3, 0.4) is 0 Å². The van der Waals surface area contributed by atoms with E-state index in [1.54, 1.807) is 13.2 Å². The van der Waals surface area contributed by atoms with Gasteiger partial charge in [-0.25, -0.2) is 4.79 Å². The van der Waals surface area contributed by atoms with Crippen LogP contribution in [0.4, 0.5) is 5.69 Å². The maximum absolute atomic E-state index is 11.3. The Morgan fingerprint density at radius 3 is 2.61 bits per heavy atom. The van der Waals surface area contributed by atoms with Gasteiger partial charge >= 0.3 is 5.97 Å². The smallest absolute Gasteiger partial charge is 0.330 e. The van der Waals surface area contributed by atoms with Crippen LogP contribution in [0.25, 0.3) is 6.08 Å². The summed E-state index contributed by atoms with van der Waals surface area (Å²) in [7, 11) is 3.12. The van der Waals surface area contributed by atoms with Gasteiger partial charge in [0.15, 0.2) is 0 Å². The van der Waals surface area contributed by atoms with Gasteiger partial charge in [-0.3, -0.25) is 0 Å². The van der Waals surface area contributed by atoms with E-state index < -0.39 is 0 Å². The van der Waals surface area contributed by atoms with Crippen molar-refractivity contribution in [3.05, 3.63) is 65.7 Å². The molecular weight excluding hydrogens is 386 g/mol. The molecule has 3 saturated carbocycles. The van der Waals surface area contributed by atoms with E-state index in [9.17, 15) is 4.79 Å². The van der Waals surface area contributed by atoms with E-state index >= 15 is 0 Å². The maximum atomic E-state index is 11.3. The molecule has 2 aromatic carbocycles. The molecule has 0 radical (unpaired) electrons. The van der Waals surface area contributed by atoms with Gasteiger partial charge in [-0.2, -0.15) is 0 Å². The average Bonchev–Trinajstić information content (AvgIpc) is 2.83. The molecule has 164 valence electrons. The Morgan fingerprint density at radius 2 is 1.90 bits per heavy atom. The van der Waals surface area contributed by atoms with Crippen molar-refractivity contribution in [2.75, 3.05) is 26.1 Å². The Labute approximate surface area is 185 Å². The average molecular weight is 420 g/mol. The highest BCUT2D eigenvalue weighted by Gasteiger charge is 2.46. The molecule has 0 aliphatic heterocycles. The molecule has 3 aliphatic rings. The number of fused-ring (bicyclic) bond motifs is 3. The summed E-state index contributed by atoms with van der Waals surface area (Å²) in [5.41, 5.74) is 3.93. The second-order valence-electron chi connectivity index (χ2n) is 9.01. The van der Waals surface area contributed by atoms with Gasteiger partial charge in [-0.1, -0.05) is 24.3 Å². The molecule has 3 aliphatic carbocycles. The van der Waals surface area contributed by atoms with Crippen molar-refractivity contribution in [2.24, 2.45) is 11.8 Å². The second-order valence-corrected chi connectivity index (χ2v) is 9.01. The highest BCUT2D eigenvalue weighted by Crippen LogP contribution is 2.55. The first kappa shape index (κ1) is 21.5. The third-order valence-corrected chi connectivity index (χ3v) is 7.35. The lowest BCUT2D eigenvalue weighted by molar-refractivity contribution is -0.134. The third-order valence-electron chi connectivity index (χ3n) is 7.35. The van der Waals surface area contributed by atoms with E-state index in [-0.39, 0.29) is 5.97 Å². The Morgan fingerprint density at radius 1 is 1.13 bits per heavy atom. The van der Waals surface area contributed by atoms with E-state index in [1.807, 2.05) is 12.1 Å². The molecule has 1 atom stereocenters. The fourth-order valence-electron chi connectivity index (χ4n) is 5.61. The van der Waals surface area contributed by atoms with Crippen LogP contribution in [-0.2, 0) is 14.9 Å². The molecule has 1 N–H and O–H groups in total. The Kier molecular flexibility index (Phi) is 6.64. The molecule has 2 aromatic rings. The number of carbonyl (C=O) groups excluding carboxylic acids is 1. The number of hydrogen-bond acceptors (Lipinski definition) is 4. The SMILES string of the molecule is COC(=O)/C=C/c1cccc(NCCC2CC3(c4ccc(OC)cc4)CCC2CC3)c1. The topological polar surface area (TPSA) is 47.6 Å². The zero-order valence-electron chi connectivity index (χ0n) is 18.6. The third kappa shape index (κ3) is 4.95. The van der Waals surface area contributed by atoms with Crippen molar-refractivity contribution < 1.29 is 14.3 Å². The second kappa shape index (κ2) is 9.59. The number of rotatable bonds is 8. The lowest BCUT2D eigenvalue weighted by atomic mass is 9.53. The van der Waals surface area contributed by atoms with Gasteiger partial charge < -0.3 is 14.8 Å². The highest BCUT2D eigenvalue weighted by molar-refractivity contribution is 5.87. The first-order chi connectivity index (χ1) is 15.1. The van der Waals surface area contributed by atoms with Gasteiger partial charge in [-0.05, 0) is 97.2 Å². The summed E-state index contributed by atoms with van der Waals surface area (Å²) in [6.07, 6.45) is 11.1. The molecule has 4 heteroatoms. The number of carbonyl (C=O) groups is 1. The summed E-state index contributed by atoms with van der Waals surface area (Å²) in [5, 5.41) is 3.59. The largest absolute Gasteiger partial charge is 0.497 e. The van der Waals surface area contributed by atoms with Crippen LogP contribution in [0.1, 0.15) is 49.7 Å². The first-order valence-corrected chi connectivity index (χ1v) is 11.4. The minimum Gasteiger partial charge on any atom is -0.497 e. The lowest BCUT2D eigenvalue weighted by Gasteiger charge is -2.51. The fourth-order valence-corrected chi connectivity index (χ4v) is 5.61. The quantitative estimate of drug-likeness (QED) is 0.432. The molecule has 3 fully saturated rings. The van der Waals surface area contributed by atoms with Crippen molar-refractivity contribution in [1.29, 1.82) is 0 Å². The lowest BCUT2D eigenvalue weighted by Crippen LogP contribution is -2.43. The van der Waals surface area contributed by atoms with Crippen molar-refractivity contribution in [3.63, 3.8) is 0 Å². The van der Waals surface area contributed by atoms with Crippen LogP contribution in [0.15, 0.2) is 54.6 Å². The molecule has 0 amide bonds. The van der Waals surface area contributed by atoms with E-state index in [0.29, 0.717) is 5.41 Å². The van der Waals surface area contributed by atoms with E-state index in [1.165, 1.54) is 57.3 Å². The van der Waals surface area contributed by atoms with E-state index in [0.717, 1.165) is 35.4 Å². The van der Waals surface area contributed by atoms with E-state index in [2.05, 4.69) is 46.5 Å². The highest BCUT2D eigenvalue weighted by atomic mass is 16.5. The normalized spacial score (nSPS) is 24.8. The molecule has 1 unspecified atom stereocenters. The summed E-state index contributed by atoms with van der Waals surface area (Å²) in [4.78, 5) is 11.3. The van der Waals surface area contributed by atoms with Crippen molar-refractivity contribution in [3.8, 4) is 5.75 Å². The van der Waals surface area contributed by atoms with Gasteiger partial charge in [0.25, 0.3) is 0 Å². The minimum atomic E-state index is -0.337. The van der Waals surface area contributed by atoms with Gasteiger partial charge in [0, 0.05) is 18.3 Å². The van der Waals surface area contributed by atoms with Crippen molar-refractivity contribution in [2.45, 2.75) is 43.9 Å². The summed E-state index contributed by atoms with van der Waals surface area (Å²) in [6, 6.07) is 17.0. The minimum absolute atomic E-state index is 0.337. The summed E-state index contributed by atoms with van der Waals surface area (Å²) < 4.78 is 10.0. The van der Waals surface area contributed by atoms with Crippen LogP contribution in [0.5, 0.6) is 5.75 Å². The zero-order chi connectivity index (χ0) is 21.7. The summed E-state index contributed by atoms with van der Waals surface area (Å²) in [5.74, 6) is 2.25. The first-order valence-electron chi connectivity index (χ1n) is 11.4. The van der Waals surface area contributed by atoms with Crippen molar-refractivity contribution in [1.82, 2.24) is 0 Å². The Balaban J connectivity index is 1.35. The number of ether oxygens (including phenoxy) is 2. The maximum Gasteiger partial charge on any atom is 0.330 e. The predicted molar refractivity (Wildman–Crippen MR) is 125 cm³/mol. The zero-order valence-corrected chi connectivity index (χ0v) is 18.6. The molecule has 4 nitrogen and oxygen atoms in total. The molecule has 0 saturated heterocycles. The number of benzene rings is 2. The molecule has 0 spiro atoms. The number of anilines is 1. The van der Waals surface area contributed by atoms with Crippen molar-refractivity contribution >= 4 is 17.7 Å². The number of methoxy groups -OCH3 is 2. The van der Waals surface area contributed by atoms with Gasteiger partial charge in [-0.15, -0.1) is 0 Å². The standard InChI is InChI=1S/C27H33NO3/c1-30-25-9-7-23(8-10-25)27-15-12-21(13-16-27)22(19-27)14-17-28-24-5-3-4-20(18-24)6-11-26(29)31-2/h3-11,18,21-22,28H,12-17,19H2,1-2H3/b11-6+. The predicted octanol–water partition coefficient (Wildman–Crippen LogP) is 5.83. The van der Waals surface area contributed by atoms with Crippen LogP contribution in [0.2, 0.25) is 0 Å². The summed E-state index contributed by atoms with van der Waals surface area (Å²) in [6.45, 7) is 0.976. The van der Waals surface area contributed by atoms with Gasteiger partial charge in [0.2, 0.25) is 0 Å². The van der Waals surface area contributed by atoms with Crippen LogP contribution in [0, 0.1) is 11.8 Å². The molecule has 0 aromatic heterocycles. The molecule has 31 heavy (non-hydrogen) atoms. The number of esters is 1. The number of nitrogens with one attached hydrogen (secondary N) is 1. The molecular formula is C27H33NO3. The number of hydrogen-bond donors (Lipinski definition) is 1. The van der Waals surface area contributed by atoms with Crippen LogP contribution >= 0.6 is 0 Å². The Bertz CT molecular complexity index is 910. The molecule has 5 rings (SSSR count). The van der Waals surface area contributed by atoms with Gasteiger partial charge in [0.05, 0.1) is 14.2 Å². The van der Waals surface area contributed by atoms with E-state index in [4.69, 9.17) is 4.74 Å². The van der Waals surface area contributed by atoms with Crippen LogP contribution in [-0.4, -0.2) is 26.7 Å². The monoisotopic (exact) mass is 419 g/mol. The fraction of sp³-hybridized carbons (Fsp3) is 0.444. The summed E-state index contributed by atoms with van der Waals surface area (Å²) >= 11 is 0. The Hall–Kier alpha value is -2.75.